The number of anilines is 1. The van der Waals surface area contributed by atoms with Crippen molar-refractivity contribution in [2.24, 2.45) is 0 Å². The number of fused-ring (bicyclic) bond motifs is 1. The van der Waals surface area contributed by atoms with Crippen LogP contribution in [-0.2, 0) is 0 Å². The number of rotatable bonds is 3. The van der Waals surface area contributed by atoms with E-state index in [-0.39, 0.29) is 6.03 Å². The van der Waals surface area contributed by atoms with Crippen molar-refractivity contribution in [3.05, 3.63) is 36.0 Å². The fourth-order valence-corrected chi connectivity index (χ4v) is 2.41. The second kappa shape index (κ2) is 5.51. The molecule has 0 spiro atoms. The molecule has 22 heavy (non-hydrogen) atoms. The Morgan fingerprint density at radius 1 is 1.41 bits per heavy atom. The van der Waals surface area contributed by atoms with Crippen LogP contribution in [0.1, 0.15) is 18.4 Å². The molecule has 3 heterocycles. The summed E-state index contributed by atoms with van der Waals surface area (Å²) in [6, 6.07) is 3.64. The predicted octanol–water partition coefficient (Wildman–Crippen LogP) is 2.75. The van der Waals surface area contributed by atoms with Crippen LogP contribution in [0.3, 0.4) is 0 Å². The quantitative estimate of drug-likeness (QED) is 0.778. The molecule has 114 valence electrons. The van der Waals surface area contributed by atoms with E-state index in [9.17, 15) is 4.79 Å². The number of nitrogens with zero attached hydrogens (tertiary/aromatic N) is 3. The molecule has 0 fully saturated rings. The summed E-state index contributed by atoms with van der Waals surface area (Å²) in [6.45, 7) is 6.21. The van der Waals surface area contributed by atoms with E-state index in [1.165, 1.54) is 0 Å². The van der Waals surface area contributed by atoms with Crippen molar-refractivity contribution >= 4 is 17.5 Å². The van der Waals surface area contributed by atoms with Crippen molar-refractivity contribution in [3.63, 3.8) is 0 Å². The smallest absolute Gasteiger partial charge is 0.320 e. The van der Waals surface area contributed by atoms with Crippen molar-refractivity contribution in [3.8, 4) is 11.1 Å². The summed E-state index contributed by atoms with van der Waals surface area (Å²) in [4.78, 5) is 15.9. The van der Waals surface area contributed by atoms with Crippen LogP contribution in [0.4, 0.5) is 10.6 Å². The van der Waals surface area contributed by atoms with Crippen LogP contribution in [0.25, 0.3) is 16.8 Å². The molecule has 3 rings (SSSR count). The summed E-state index contributed by atoms with van der Waals surface area (Å²) in [5.41, 5.74) is 3.54. The predicted molar refractivity (Wildman–Crippen MR) is 82.9 cm³/mol. The monoisotopic (exact) mass is 299 g/mol. The zero-order valence-electron chi connectivity index (χ0n) is 12.7. The number of aromatic nitrogens is 3. The first kappa shape index (κ1) is 14.1. The van der Waals surface area contributed by atoms with Gasteiger partial charge in [-0.3, -0.25) is 5.32 Å². The second-order valence-electron chi connectivity index (χ2n) is 4.99. The minimum Gasteiger partial charge on any atom is -0.361 e. The lowest BCUT2D eigenvalue weighted by Gasteiger charge is -2.00. The molecule has 0 aliphatic rings. The maximum absolute atomic E-state index is 11.5. The minimum atomic E-state index is -0.267. The lowest BCUT2D eigenvalue weighted by molar-refractivity contribution is 0.252. The number of hydrogen-bond acceptors (Lipinski definition) is 4. The molecule has 7 nitrogen and oxygen atoms in total. The fourth-order valence-electron chi connectivity index (χ4n) is 2.41. The Morgan fingerprint density at radius 2 is 2.23 bits per heavy atom. The minimum absolute atomic E-state index is 0.267. The molecular formula is C15H17N5O2. The average Bonchev–Trinajstić information content (AvgIpc) is 3.01. The van der Waals surface area contributed by atoms with Crippen molar-refractivity contribution in [2.45, 2.75) is 20.8 Å². The van der Waals surface area contributed by atoms with Gasteiger partial charge in [0, 0.05) is 18.3 Å². The van der Waals surface area contributed by atoms with E-state index in [2.05, 4.69) is 20.8 Å². The first-order valence-corrected chi connectivity index (χ1v) is 7.05. The molecule has 0 aromatic carbocycles. The van der Waals surface area contributed by atoms with Gasteiger partial charge in [-0.05, 0) is 38.5 Å². The van der Waals surface area contributed by atoms with Crippen LogP contribution in [0.5, 0.6) is 0 Å². The van der Waals surface area contributed by atoms with Gasteiger partial charge in [0.2, 0.25) is 0 Å². The molecule has 0 aliphatic carbocycles. The fraction of sp³-hybridized carbons (Fsp3) is 0.267. The van der Waals surface area contributed by atoms with Crippen molar-refractivity contribution in [1.29, 1.82) is 0 Å². The van der Waals surface area contributed by atoms with Crippen LogP contribution in [-0.4, -0.2) is 27.1 Å². The standard InChI is InChI=1S/C15H17N5O2/c1-4-16-15(21)18-12-8-20-6-5-11(7-13(20)17-12)14-9(2)19-22-10(14)3/h5-8H,4H2,1-3H3,(H2,16,18,21). The maximum Gasteiger partial charge on any atom is 0.320 e. The van der Waals surface area contributed by atoms with E-state index in [1.807, 2.05) is 43.5 Å². The number of urea groups is 1. The molecule has 2 N–H and O–H groups in total. The van der Waals surface area contributed by atoms with E-state index < -0.39 is 0 Å². The van der Waals surface area contributed by atoms with Crippen LogP contribution in [0.2, 0.25) is 0 Å². The van der Waals surface area contributed by atoms with Crippen LogP contribution in [0, 0.1) is 13.8 Å². The third-order valence-electron chi connectivity index (χ3n) is 3.36. The molecule has 0 radical (unpaired) electrons. The van der Waals surface area contributed by atoms with Gasteiger partial charge in [0.1, 0.15) is 11.4 Å². The topological polar surface area (TPSA) is 84.5 Å². The maximum atomic E-state index is 11.5. The summed E-state index contributed by atoms with van der Waals surface area (Å²) in [5, 5.41) is 9.33. The first-order valence-electron chi connectivity index (χ1n) is 7.05. The average molecular weight is 299 g/mol. The first-order chi connectivity index (χ1) is 10.6. The van der Waals surface area contributed by atoms with Crippen LogP contribution >= 0.6 is 0 Å². The lowest BCUT2D eigenvalue weighted by Crippen LogP contribution is -2.28. The van der Waals surface area contributed by atoms with Gasteiger partial charge in [0.15, 0.2) is 5.82 Å². The molecular weight excluding hydrogens is 282 g/mol. The van der Waals surface area contributed by atoms with Gasteiger partial charge in [-0.25, -0.2) is 9.78 Å². The van der Waals surface area contributed by atoms with Gasteiger partial charge >= 0.3 is 6.03 Å². The van der Waals surface area contributed by atoms with Gasteiger partial charge in [-0.1, -0.05) is 5.16 Å². The summed E-state index contributed by atoms with van der Waals surface area (Å²) in [5.74, 6) is 1.27. The number of aryl methyl sites for hydroxylation is 2. The summed E-state index contributed by atoms with van der Waals surface area (Å²) in [7, 11) is 0. The van der Waals surface area contributed by atoms with Crippen LogP contribution < -0.4 is 10.6 Å². The molecule has 2 amide bonds. The molecule has 0 bridgehead atoms. The van der Waals surface area contributed by atoms with Crippen molar-refractivity contribution < 1.29 is 9.32 Å². The summed E-state index contributed by atoms with van der Waals surface area (Å²) < 4.78 is 7.05. The van der Waals surface area contributed by atoms with Gasteiger partial charge in [0.25, 0.3) is 0 Å². The Balaban J connectivity index is 1.95. The van der Waals surface area contributed by atoms with Crippen molar-refractivity contribution in [1.82, 2.24) is 19.9 Å². The molecule has 0 saturated carbocycles. The Kier molecular flexibility index (Phi) is 3.54. The number of pyridine rings is 1. The number of imidazole rings is 1. The normalized spacial score (nSPS) is 10.9. The van der Waals surface area contributed by atoms with Crippen LogP contribution in [0.15, 0.2) is 29.0 Å². The van der Waals surface area contributed by atoms with Gasteiger partial charge in [0.05, 0.1) is 11.9 Å². The Labute approximate surface area is 127 Å². The zero-order valence-corrected chi connectivity index (χ0v) is 12.7. The van der Waals surface area contributed by atoms with E-state index in [4.69, 9.17) is 4.52 Å². The highest BCUT2D eigenvalue weighted by Gasteiger charge is 2.13. The summed E-state index contributed by atoms with van der Waals surface area (Å²) >= 11 is 0. The molecule has 0 atom stereocenters. The van der Waals surface area contributed by atoms with E-state index >= 15 is 0 Å². The molecule has 7 heteroatoms. The highest BCUT2D eigenvalue weighted by Crippen LogP contribution is 2.27. The molecule has 0 unspecified atom stereocenters. The molecule has 3 aromatic rings. The summed E-state index contributed by atoms with van der Waals surface area (Å²) in [6.07, 6.45) is 3.66. The number of nitrogens with one attached hydrogen (secondary N) is 2. The highest BCUT2D eigenvalue weighted by molar-refractivity contribution is 5.88. The Morgan fingerprint density at radius 3 is 2.91 bits per heavy atom. The van der Waals surface area contributed by atoms with E-state index in [0.717, 1.165) is 28.2 Å². The SMILES string of the molecule is CCNC(=O)Nc1cn2ccc(-c3c(C)noc3C)cc2n1. The van der Waals surface area contributed by atoms with E-state index in [1.54, 1.807) is 6.20 Å². The lowest BCUT2D eigenvalue weighted by atomic mass is 10.1. The highest BCUT2D eigenvalue weighted by atomic mass is 16.5. The molecule has 0 aliphatic heterocycles. The van der Waals surface area contributed by atoms with Gasteiger partial charge in [-0.2, -0.15) is 0 Å². The largest absolute Gasteiger partial charge is 0.361 e. The van der Waals surface area contributed by atoms with E-state index in [0.29, 0.717) is 12.4 Å². The number of amides is 2. The number of carbonyl (C=O) groups is 1. The Hall–Kier alpha value is -2.83. The molecule has 3 aromatic heterocycles. The van der Waals surface area contributed by atoms with Gasteiger partial charge < -0.3 is 14.2 Å². The number of hydrogen-bond donors (Lipinski definition) is 2. The third kappa shape index (κ3) is 2.52. The van der Waals surface area contributed by atoms with Crippen molar-refractivity contribution in [2.75, 3.05) is 11.9 Å². The van der Waals surface area contributed by atoms with Gasteiger partial charge in [-0.15, -0.1) is 0 Å². The second-order valence-corrected chi connectivity index (χ2v) is 4.99. The zero-order chi connectivity index (χ0) is 15.7. The molecule has 0 saturated heterocycles. The Bertz CT molecular complexity index is 814. The number of carbonyl (C=O) groups excluding carboxylic acids is 1. The third-order valence-corrected chi connectivity index (χ3v) is 3.36.